The van der Waals surface area contributed by atoms with Gasteiger partial charge in [0.25, 0.3) is 0 Å². The molecule has 14 heavy (non-hydrogen) atoms. The SMILES string of the molecule is COC(=O)CC1NCCNC1=S(=O)=O. The van der Waals surface area contributed by atoms with Crippen molar-refractivity contribution < 1.29 is 17.9 Å². The highest BCUT2D eigenvalue weighted by Gasteiger charge is 2.23. The van der Waals surface area contributed by atoms with E-state index in [0.29, 0.717) is 13.1 Å². The number of hydrogen-bond donors (Lipinski definition) is 2. The van der Waals surface area contributed by atoms with Gasteiger partial charge in [-0.1, -0.05) is 0 Å². The molecule has 7 heteroatoms. The van der Waals surface area contributed by atoms with Gasteiger partial charge in [-0.2, -0.15) is 8.42 Å². The number of ether oxygens (including phenoxy) is 1. The first-order valence-corrected chi connectivity index (χ1v) is 5.23. The lowest BCUT2D eigenvalue weighted by molar-refractivity contribution is -0.140. The Morgan fingerprint density at radius 1 is 1.57 bits per heavy atom. The maximum atomic E-state index is 10.9. The van der Waals surface area contributed by atoms with Gasteiger partial charge in [-0.05, 0) is 0 Å². The number of hydrogen-bond acceptors (Lipinski definition) is 5. The quantitative estimate of drug-likeness (QED) is 0.418. The van der Waals surface area contributed by atoms with Gasteiger partial charge in [0.1, 0.15) is 4.99 Å². The van der Waals surface area contributed by atoms with Crippen LogP contribution in [0.15, 0.2) is 0 Å². The average Bonchev–Trinajstić information content (AvgIpc) is 2.18. The third-order valence-corrected chi connectivity index (χ3v) is 2.70. The topological polar surface area (TPSA) is 84.5 Å². The summed E-state index contributed by atoms with van der Waals surface area (Å²) in [4.78, 5) is 11.1. The second-order valence-corrected chi connectivity index (χ2v) is 3.72. The van der Waals surface area contributed by atoms with E-state index in [1.807, 2.05) is 0 Å². The lowest BCUT2D eigenvalue weighted by Gasteiger charge is -2.23. The first kappa shape index (κ1) is 11.2. The average molecular weight is 220 g/mol. The maximum Gasteiger partial charge on any atom is 0.307 e. The predicted octanol–water partition coefficient (Wildman–Crippen LogP) is -1.88. The number of rotatable bonds is 2. The normalized spacial score (nSPS) is 21.8. The Hall–Kier alpha value is -0.920. The molecule has 1 unspecified atom stereocenters. The first-order chi connectivity index (χ1) is 6.65. The van der Waals surface area contributed by atoms with E-state index in [1.54, 1.807) is 0 Å². The Kier molecular flexibility index (Phi) is 4.05. The van der Waals surface area contributed by atoms with Gasteiger partial charge in [0, 0.05) is 13.1 Å². The van der Waals surface area contributed by atoms with Crippen molar-refractivity contribution in [3.05, 3.63) is 0 Å². The standard InChI is InChI=1S/C7H12N2O4S/c1-13-6(10)4-5-7(14(11)12)9-3-2-8-5/h5,8-9H,2-4H2,1H3. The smallest absolute Gasteiger partial charge is 0.307 e. The summed E-state index contributed by atoms with van der Waals surface area (Å²) in [5, 5.41) is 5.65. The summed E-state index contributed by atoms with van der Waals surface area (Å²) in [7, 11) is -1.04. The van der Waals surface area contributed by atoms with Crippen LogP contribution in [-0.2, 0) is 19.8 Å². The largest absolute Gasteiger partial charge is 0.469 e. The minimum absolute atomic E-state index is 0.0206. The van der Waals surface area contributed by atoms with E-state index in [4.69, 9.17) is 0 Å². The number of piperazine rings is 1. The minimum Gasteiger partial charge on any atom is -0.469 e. The molecule has 0 saturated carbocycles. The van der Waals surface area contributed by atoms with E-state index in [-0.39, 0.29) is 11.4 Å². The fourth-order valence-electron chi connectivity index (χ4n) is 1.24. The van der Waals surface area contributed by atoms with Crippen LogP contribution < -0.4 is 10.6 Å². The van der Waals surface area contributed by atoms with E-state index >= 15 is 0 Å². The molecule has 1 saturated heterocycles. The van der Waals surface area contributed by atoms with Gasteiger partial charge in [-0.25, -0.2) is 0 Å². The molecule has 0 radical (unpaired) electrons. The van der Waals surface area contributed by atoms with Gasteiger partial charge in [0.15, 0.2) is 0 Å². The molecule has 80 valence electrons. The number of carbonyl (C=O) groups excluding carboxylic acids is 1. The zero-order valence-corrected chi connectivity index (χ0v) is 8.56. The molecule has 1 heterocycles. The molecular formula is C7H12N2O4S. The molecule has 0 aromatic rings. The molecule has 1 fully saturated rings. The van der Waals surface area contributed by atoms with Crippen molar-refractivity contribution in [3.8, 4) is 0 Å². The zero-order chi connectivity index (χ0) is 10.6. The summed E-state index contributed by atoms with van der Waals surface area (Å²) in [5.74, 6) is -0.436. The predicted molar refractivity (Wildman–Crippen MR) is 50.4 cm³/mol. The van der Waals surface area contributed by atoms with Crippen LogP contribution in [-0.4, -0.2) is 45.6 Å². The van der Waals surface area contributed by atoms with E-state index in [1.165, 1.54) is 7.11 Å². The van der Waals surface area contributed by atoms with Crippen LogP contribution in [0.1, 0.15) is 6.42 Å². The minimum atomic E-state index is -2.32. The molecule has 2 N–H and O–H groups in total. The van der Waals surface area contributed by atoms with Crippen molar-refractivity contribution in [1.29, 1.82) is 0 Å². The van der Waals surface area contributed by atoms with E-state index < -0.39 is 22.3 Å². The molecule has 1 aliphatic heterocycles. The van der Waals surface area contributed by atoms with Crippen LogP contribution in [0.2, 0.25) is 0 Å². The molecule has 0 bridgehead atoms. The highest BCUT2D eigenvalue weighted by Crippen LogP contribution is 1.98. The van der Waals surface area contributed by atoms with Crippen molar-refractivity contribution in [2.45, 2.75) is 12.5 Å². The van der Waals surface area contributed by atoms with Crippen molar-refractivity contribution >= 4 is 21.3 Å². The molecule has 0 aromatic heterocycles. The van der Waals surface area contributed by atoms with Crippen LogP contribution in [0.25, 0.3) is 0 Å². The molecule has 1 atom stereocenters. The summed E-state index contributed by atoms with van der Waals surface area (Å²) < 4.78 is 25.9. The molecule has 1 aliphatic rings. The highest BCUT2D eigenvalue weighted by molar-refractivity contribution is 7.73. The van der Waals surface area contributed by atoms with Gasteiger partial charge in [-0.15, -0.1) is 0 Å². The Morgan fingerprint density at radius 3 is 2.86 bits per heavy atom. The lowest BCUT2D eigenvalue weighted by Crippen LogP contribution is -2.54. The van der Waals surface area contributed by atoms with Crippen molar-refractivity contribution in [1.82, 2.24) is 10.6 Å². The van der Waals surface area contributed by atoms with Crippen LogP contribution in [0, 0.1) is 0 Å². The zero-order valence-electron chi connectivity index (χ0n) is 7.74. The van der Waals surface area contributed by atoms with Crippen molar-refractivity contribution in [2.75, 3.05) is 20.2 Å². The van der Waals surface area contributed by atoms with Crippen molar-refractivity contribution in [2.24, 2.45) is 0 Å². The van der Waals surface area contributed by atoms with Gasteiger partial charge < -0.3 is 10.1 Å². The molecular weight excluding hydrogens is 208 g/mol. The van der Waals surface area contributed by atoms with Crippen LogP contribution in [0.5, 0.6) is 0 Å². The Balaban J connectivity index is 2.74. The number of methoxy groups -OCH3 is 1. The van der Waals surface area contributed by atoms with Crippen LogP contribution in [0.4, 0.5) is 0 Å². The molecule has 1 rings (SSSR count). The number of esters is 1. The third-order valence-electron chi connectivity index (χ3n) is 1.91. The number of carbonyl (C=O) groups is 1. The molecule has 0 aliphatic carbocycles. The van der Waals surface area contributed by atoms with Crippen molar-refractivity contribution in [3.63, 3.8) is 0 Å². The van der Waals surface area contributed by atoms with Gasteiger partial charge >= 0.3 is 5.97 Å². The summed E-state index contributed by atoms with van der Waals surface area (Å²) in [6.45, 7) is 1.17. The molecule has 0 amide bonds. The molecule has 0 aromatic carbocycles. The fourth-order valence-corrected chi connectivity index (χ4v) is 1.86. The highest BCUT2D eigenvalue weighted by atomic mass is 32.2. The van der Waals surface area contributed by atoms with Gasteiger partial charge in [0.2, 0.25) is 10.3 Å². The molecule has 0 spiro atoms. The lowest BCUT2D eigenvalue weighted by atomic mass is 10.2. The maximum absolute atomic E-state index is 10.9. The van der Waals surface area contributed by atoms with Crippen LogP contribution >= 0.6 is 0 Å². The van der Waals surface area contributed by atoms with E-state index in [9.17, 15) is 13.2 Å². The summed E-state index contributed by atoms with van der Waals surface area (Å²) in [6.07, 6.45) is 0.0206. The number of nitrogens with one attached hydrogen (secondary N) is 2. The Bertz CT molecular complexity index is 341. The summed E-state index contributed by atoms with van der Waals surface area (Å²) in [5.41, 5.74) is 0. The van der Waals surface area contributed by atoms with Crippen LogP contribution in [0.3, 0.4) is 0 Å². The summed E-state index contributed by atoms with van der Waals surface area (Å²) in [6, 6.07) is -0.491. The second-order valence-electron chi connectivity index (χ2n) is 2.81. The van der Waals surface area contributed by atoms with E-state index in [0.717, 1.165) is 0 Å². The Labute approximate surface area is 83.2 Å². The Morgan fingerprint density at radius 2 is 2.29 bits per heavy atom. The first-order valence-electron chi connectivity index (χ1n) is 4.15. The van der Waals surface area contributed by atoms with E-state index in [2.05, 4.69) is 15.4 Å². The molecule has 6 nitrogen and oxygen atoms in total. The van der Waals surface area contributed by atoms with Gasteiger partial charge in [0.05, 0.1) is 19.6 Å². The summed E-state index contributed by atoms with van der Waals surface area (Å²) >= 11 is 0. The van der Waals surface area contributed by atoms with Gasteiger partial charge in [-0.3, -0.25) is 10.1 Å². The fraction of sp³-hybridized carbons (Fsp3) is 0.714. The second kappa shape index (κ2) is 5.08. The monoisotopic (exact) mass is 220 g/mol. The third kappa shape index (κ3) is 2.79.